The third-order valence-electron chi connectivity index (χ3n) is 12.2. The normalized spacial score (nSPS) is 12.3. The van der Waals surface area contributed by atoms with Gasteiger partial charge in [0.1, 0.15) is 11.6 Å². The van der Waals surface area contributed by atoms with Crippen LogP contribution in [0.15, 0.2) is 138 Å². The molecule has 1 N–H and O–H groups in total. The standard InChI is InChI=1S/C54H50N7O2Si.Pt/c1-53(2,3)37-30-42(49(62)43(31-37)54(4,5)6)51-56-48-39(21-16-22-46(48)60(51)45-24-23-38(64(7,8)9)32-40(45)34-19-14-11-15-20-34)41-27-36(29-47-50(41)63-52-57-58-59-61(47)52)44-28-35(25-26-55-44)33-17-12-10-13-18-33;/h10-26,28-32,62H,1-9H3;/q-1;. The number of fused-ring (bicyclic) bond motifs is 4. The van der Waals surface area contributed by atoms with Gasteiger partial charge in [-0.05, 0) is 67.8 Å². The van der Waals surface area contributed by atoms with Crippen LogP contribution in [-0.4, -0.2) is 47.8 Å². The Bertz CT molecular complexity index is 3410. The predicted molar refractivity (Wildman–Crippen MR) is 261 cm³/mol. The van der Waals surface area contributed by atoms with Gasteiger partial charge < -0.3 is 9.52 Å². The molecule has 0 aliphatic carbocycles. The van der Waals surface area contributed by atoms with E-state index in [1.807, 2.05) is 36.5 Å². The quantitative estimate of drug-likeness (QED) is 0.125. The van der Waals surface area contributed by atoms with E-state index in [9.17, 15) is 5.11 Å². The van der Waals surface area contributed by atoms with Crippen molar-refractivity contribution in [3.05, 3.63) is 151 Å². The Morgan fingerprint density at radius 3 is 2.09 bits per heavy atom. The first-order chi connectivity index (χ1) is 30.5. The zero-order chi connectivity index (χ0) is 44.7. The van der Waals surface area contributed by atoms with E-state index in [0.29, 0.717) is 33.6 Å². The molecule has 0 bridgehead atoms. The topological polar surface area (TPSA) is 107 Å². The number of hydrogen-bond donors (Lipinski definition) is 1. The summed E-state index contributed by atoms with van der Waals surface area (Å²) < 4.78 is 10.3. The van der Waals surface area contributed by atoms with Crippen LogP contribution >= 0.6 is 0 Å². The zero-order valence-corrected chi connectivity index (χ0v) is 41.3. The fraction of sp³-hybridized carbons (Fsp3) is 0.204. The van der Waals surface area contributed by atoms with E-state index >= 15 is 0 Å². The molecule has 10 aromatic rings. The molecule has 0 radical (unpaired) electrons. The molecule has 65 heavy (non-hydrogen) atoms. The van der Waals surface area contributed by atoms with Gasteiger partial charge in [0.2, 0.25) is 0 Å². The van der Waals surface area contributed by atoms with E-state index in [4.69, 9.17) is 14.4 Å². The molecule has 0 saturated carbocycles. The molecule has 328 valence electrons. The Morgan fingerprint density at radius 1 is 0.677 bits per heavy atom. The summed E-state index contributed by atoms with van der Waals surface area (Å²) in [6.07, 6.45) is 1.83. The zero-order valence-electron chi connectivity index (χ0n) is 38.0. The first-order valence-electron chi connectivity index (χ1n) is 21.7. The summed E-state index contributed by atoms with van der Waals surface area (Å²) in [5.41, 5.74) is 13.0. The van der Waals surface area contributed by atoms with Gasteiger partial charge in [-0.3, -0.25) is 9.55 Å². The van der Waals surface area contributed by atoms with Crippen LogP contribution in [0.25, 0.3) is 89.7 Å². The van der Waals surface area contributed by atoms with Gasteiger partial charge in [-0.2, -0.15) is 4.52 Å². The summed E-state index contributed by atoms with van der Waals surface area (Å²) in [5.74, 6) is 1.10. The van der Waals surface area contributed by atoms with E-state index < -0.39 is 8.07 Å². The Hall–Kier alpha value is -6.48. The van der Waals surface area contributed by atoms with Gasteiger partial charge in [0.25, 0.3) is 0 Å². The van der Waals surface area contributed by atoms with E-state index in [1.54, 1.807) is 4.52 Å². The summed E-state index contributed by atoms with van der Waals surface area (Å²) in [6.45, 7) is 20.2. The average molecular weight is 1050 g/mol. The second-order valence-electron chi connectivity index (χ2n) is 19.8. The number of para-hydroxylation sites is 1. The number of aromatic nitrogens is 7. The monoisotopic (exact) mass is 1050 g/mol. The number of oxazole rings is 1. The molecule has 0 amide bonds. The van der Waals surface area contributed by atoms with E-state index in [-0.39, 0.29) is 43.5 Å². The number of imidazole rings is 1. The van der Waals surface area contributed by atoms with Gasteiger partial charge in [0.15, 0.2) is 0 Å². The number of tetrazole rings is 1. The summed E-state index contributed by atoms with van der Waals surface area (Å²) >= 11 is 0. The predicted octanol–water partition coefficient (Wildman–Crippen LogP) is 12.6. The van der Waals surface area contributed by atoms with Crippen LogP contribution in [0.3, 0.4) is 0 Å². The molecule has 0 spiro atoms. The summed E-state index contributed by atoms with van der Waals surface area (Å²) in [7, 11) is -1.75. The Balaban J connectivity index is 0.00000533. The molecular weight excluding hydrogens is 1000 g/mol. The minimum Gasteiger partial charge on any atom is -0.507 e. The van der Waals surface area contributed by atoms with Crippen LogP contribution in [0.1, 0.15) is 52.7 Å². The summed E-state index contributed by atoms with van der Waals surface area (Å²) in [5, 5.41) is 26.3. The first kappa shape index (κ1) is 43.8. The molecule has 11 heteroatoms. The fourth-order valence-electron chi connectivity index (χ4n) is 8.60. The third kappa shape index (κ3) is 7.82. The van der Waals surface area contributed by atoms with Crippen LogP contribution in [0, 0.1) is 6.07 Å². The molecule has 4 heterocycles. The largest absolute Gasteiger partial charge is 0.507 e. The van der Waals surface area contributed by atoms with Crippen molar-refractivity contribution in [2.24, 2.45) is 0 Å². The molecule has 0 saturated heterocycles. The maximum atomic E-state index is 12.6. The van der Waals surface area contributed by atoms with Crippen molar-refractivity contribution < 1.29 is 30.6 Å². The Labute approximate surface area is 394 Å². The van der Waals surface area contributed by atoms with Gasteiger partial charge in [0.05, 0.1) is 35.9 Å². The molecule has 0 atom stereocenters. The molecule has 10 rings (SSSR count). The molecule has 0 aliphatic rings. The average Bonchev–Trinajstić information content (AvgIpc) is 4.00. The maximum Gasteiger partial charge on any atom is 0.337 e. The molecule has 0 aliphatic heterocycles. The van der Waals surface area contributed by atoms with Gasteiger partial charge in [-0.25, -0.2) is 4.98 Å². The van der Waals surface area contributed by atoms with E-state index in [1.165, 1.54) is 5.19 Å². The van der Waals surface area contributed by atoms with E-state index in [2.05, 4.69) is 184 Å². The maximum absolute atomic E-state index is 12.6. The smallest absolute Gasteiger partial charge is 0.337 e. The van der Waals surface area contributed by atoms with Gasteiger partial charge in [0, 0.05) is 49.6 Å². The number of hydrogen-bond acceptors (Lipinski definition) is 7. The Kier molecular flexibility index (Phi) is 10.9. The number of pyridine rings is 1. The molecule has 0 fully saturated rings. The second-order valence-corrected chi connectivity index (χ2v) is 24.8. The minimum absolute atomic E-state index is 0. The number of aromatic hydroxyl groups is 1. The number of phenolic OH excluding ortho intramolecular Hbond substituents is 1. The van der Waals surface area contributed by atoms with Gasteiger partial charge in [-0.15, -0.1) is 6.07 Å². The Morgan fingerprint density at radius 2 is 1.40 bits per heavy atom. The van der Waals surface area contributed by atoms with Crippen LogP contribution in [0.4, 0.5) is 0 Å². The molecule has 0 unspecified atom stereocenters. The molecule has 4 aromatic heterocycles. The van der Waals surface area contributed by atoms with Gasteiger partial charge >= 0.3 is 5.84 Å². The number of benzene rings is 6. The number of rotatable bonds is 7. The molecule has 6 aromatic carbocycles. The third-order valence-corrected chi connectivity index (χ3v) is 14.2. The van der Waals surface area contributed by atoms with Crippen molar-refractivity contribution >= 4 is 41.2 Å². The fourth-order valence-corrected chi connectivity index (χ4v) is 9.76. The number of phenols is 1. The van der Waals surface area contributed by atoms with Crippen molar-refractivity contribution in [1.82, 2.24) is 34.6 Å². The van der Waals surface area contributed by atoms with Crippen molar-refractivity contribution in [3.8, 4) is 67.5 Å². The minimum atomic E-state index is -1.75. The van der Waals surface area contributed by atoms with Crippen LogP contribution in [-0.2, 0) is 31.9 Å². The summed E-state index contributed by atoms with van der Waals surface area (Å²) in [6, 6.07) is 48.0. The van der Waals surface area contributed by atoms with E-state index in [0.717, 1.165) is 61.4 Å². The van der Waals surface area contributed by atoms with Crippen molar-refractivity contribution in [1.29, 1.82) is 0 Å². The summed E-state index contributed by atoms with van der Waals surface area (Å²) in [4.78, 5) is 10.5. The van der Waals surface area contributed by atoms with Crippen molar-refractivity contribution in [2.45, 2.75) is 72.0 Å². The molecular formula is C54H50N7O2PtSi-. The van der Waals surface area contributed by atoms with Crippen LogP contribution < -0.4 is 5.19 Å². The van der Waals surface area contributed by atoms with Crippen molar-refractivity contribution in [2.75, 3.05) is 0 Å². The van der Waals surface area contributed by atoms with Crippen LogP contribution in [0.2, 0.25) is 19.6 Å². The second kappa shape index (κ2) is 16.2. The van der Waals surface area contributed by atoms with Gasteiger partial charge in [-0.1, -0.05) is 191 Å². The van der Waals surface area contributed by atoms with Crippen molar-refractivity contribution in [3.63, 3.8) is 0 Å². The SMILES string of the molecule is CC(C)(C)c1cc(-c2nc3c(-c4[c-]c(-c5cc(-c6ccccc6)ccn5)cc5c4oc4nnnn45)cccc3n2-c2ccc([Si](C)(C)C)cc2-c2ccccc2)c(O)c(C(C)(C)C)c1.[Pt]. The first-order valence-corrected chi connectivity index (χ1v) is 25.2. The molecule has 9 nitrogen and oxygen atoms in total. The number of nitrogens with zero attached hydrogens (tertiary/aromatic N) is 7. The van der Waals surface area contributed by atoms with Crippen LogP contribution in [0.5, 0.6) is 5.75 Å².